The number of ether oxygens (including phenoxy) is 2. The van der Waals surface area contributed by atoms with Crippen molar-refractivity contribution in [2.45, 2.75) is 51.7 Å². The molecule has 0 radical (unpaired) electrons. The second kappa shape index (κ2) is 7.46. The van der Waals surface area contributed by atoms with Gasteiger partial charge in [0.2, 0.25) is 0 Å². The first-order valence-corrected chi connectivity index (χ1v) is 7.83. The molecule has 2 atom stereocenters. The molecule has 1 aliphatic rings. The molecule has 0 saturated carbocycles. The van der Waals surface area contributed by atoms with Crippen LogP contribution in [0.2, 0.25) is 0 Å². The lowest BCUT2D eigenvalue weighted by Gasteiger charge is -2.19. The summed E-state index contributed by atoms with van der Waals surface area (Å²) in [5.74, 6) is 0.567. The molecule has 0 fully saturated rings. The molecule has 4 nitrogen and oxygen atoms in total. The first-order chi connectivity index (χ1) is 10.2. The van der Waals surface area contributed by atoms with Crippen molar-refractivity contribution in [1.29, 1.82) is 0 Å². The molecular formula is C17H25NO3. The Balaban J connectivity index is 2.18. The largest absolute Gasteiger partial charge is 0.478 e. The van der Waals surface area contributed by atoms with Crippen molar-refractivity contribution in [3.05, 3.63) is 29.3 Å². The van der Waals surface area contributed by atoms with Crippen LogP contribution in [-0.4, -0.2) is 25.7 Å². The van der Waals surface area contributed by atoms with Gasteiger partial charge in [-0.3, -0.25) is 0 Å². The third kappa shape index (κ3) is 3.56. The monoisotopic (exact) mass is 291 g/mol. The quantitative estimate of drug-likeness (QED) is 0.785. The van der Waals surface area contributed by atoms with Gasteiger partial charge in [-0.1, -0.05) is 25.5 Å². The van der Waals surface area contributed by atoms with Crippen LogP contribution >= 0.6 is 0 Å². The van der Waals surface area contributed by atoms with Crippen LogP contribution < -0.4 is 10.1 Å². The van der Waals surface area contributed by atoms with Gasteiger partial charge in [0.25, 0.3) is 0 Å². The Labute approximate surface area is 126 Å². The van der Waals surface area contributed by atoms with Gasteiger partial charge in [-0.15, -0.1) is 0 Å². The SMILES string of the molecule is CCCC(Oc1cccc2c1CCC2NC)C(=O)OCC. The highest BCUT2D eigenvalue weighted by molar-refractivity contribution is 5.75. The predicted octanol–water partition coefficient (Wildman–Crippen LogP) is 3.00. The zero-order chi connectivity index (χ0) is 15.2. The van der Waals surface area contributed by atoms with E-state index in [2.05, 4.69) is 11.4 Å². The molecule has 1 N–H and O–H groups in total. The van der Waals surface area contributed by atoms with E-state index in [1.54, 1.807) is 0 Å². The van der Waals surface area contributed by atoms with Gasteiger partial charge in [-0.05, 0) is 50.4 Å². The molecule has 0 amide bonds. The zero-order valence-corrected chi connectivity index (χ0v) is 13.1. The summed E-state index contributed by atoms with van der Waals surface area (Å²) in [5, 5.41) is 3.32. The summed E-state index contributed by atoms with van der Waals surface area (Å²) in [6, 6.07) is 6.47. The van der Waals surface area contributed by atoms with E-state index >= 15 is 0 Å². The van der Waals surface area contributed by atoms with Crippen molar-refractivity contribution in [2.24, 2.45) is 0 Å². The van der Waals surface area contributed by atoms with Crippen molar-refractivity contribution in [1.82, 2.24) is 5.32 Å². The Morgan fingerprint density at radius 3 is 2.90 bits per heavy atom. The third-order valence-electron chi connectivity index (χ3n) is 3.95. The lowest BCUT2D eigenvalue weighted by atomic mass is 10.1. The predicted molar refractivity (Wildman–Crippen MR) is 82.5 cm³/mol. The van der Waals surface area contributed by atoms with Crippen molar-refractivity contribution in [2.75, 3.05) is 13.7 Å². The van der Waals surface area contributed by atoms with E-state index in [0.717, 1.165) is 25.0 Å². The Morgan fingerprint density at radius 2 is 2.24 bits per heavy atom. The maximum absolute atomic E-state index is 12.0. The van der Waals surface area contributed by atoms with Gasteiger partial charge < -0.3 is 14.8 Å². The minimum Gasteiger partial charge on any atom is -0.478 e. The molecular weight excluding hydrogens is 266 g/mol. The number of nitrogens with one attached hydrogen (secondary N) is 1. The number of fused-ring (bicyclic) bond motifs is 1. The van der Waals surface area contributed by atoms with Crippen LogP contribution in [0.3, 0.4) is 0 Å². The van der Waals surface area contributed by atoms with E-state index in [1.807, 2.05) is 33.0 Å². The molecule has 1 aliphatic carbocycles. The fourth-order valence-electron chi connectivity index (χ4n) is 2.91. The molecule has 0 spiro atoms. The maximum Gasteiger partial charge on any atom is 0.347 e. The van der Waals surface area contributed by atoms with E-state index in [0.29, 0.717) is 19.1 Å². The molecule has 0 aliphatic heterocycles. The summed E-state index contributed by atoms with van der Waals surface area (Å²) in [6.45, 7) is 4.25. The number of hydrogen-bond acceptors (Lipinski definition) is 4. The molecule has 0 saturated heterocycles. The summed E-state index contributed by atoms with van der Waals surface area (Å²) in [5.41, 5.74) is 2.51. The normalized spacial score (nSPS) is 18.1. The lowest BCUT2D eigenvalue weighted by Crippen LogP contribution is -2.29. The van der Waals surface area contributed by atoms with E-state index < -0.39 is 6.10 Å². The standard InChI is InChI=1S/C17H25NO3/c1-4-7-16(17(19)20-5-2)21-15-9-6-8-12-13(15)10-11-14(12)18-3/h6,8-9,14,16,18H,4-5,7,10-11H2,1-3H3. The summed E-state index contributed by atoms with van der Waals surface area (Å²) < 4.78 is 11.1. The van der Waals surface area contributed by atoms with E-state index in [-0.39, 0.29) is 5.97 Å². The summed E-state index contributed by atoms with van der Waals surface area (Å²) >= 11 is 0. The molecule has 2 rings (SSSR count). The Kier molecular flexibility index (Phi) is 5.62. The summed E-state index contributed by atoms with van der Waals surface area (Å²) in [7, 11) is 1.98. The topological polar surface area (TPSA) is 47.6 Å². The highest BCUT2D eigenvalue weighted by Gasteiger charge is 2.27. The van der Waals surface area contributed by atoms with Crippen molar-refractivity contribution in [3.8, 4) is 5.75 Å². The second-order valence-corrected chi connectivity index (χ2v) is 5.35. The molecule has 4 heteroatoms. The van der Waals surface area contributed by atoms with Gasteiger partial charge in [0.05, 0.1) is 6.61 Å². The van der Waals surface area contributed by atoms with E-state index in [1.165, 1.54) is 11.1 Å². The fraction of sp³-hybridized carbons (Fsp3) is 0.588. The highest BCUT2D eigenvalue weighted by atomic mass is 16.6. The zero-order valence-electron chi connectivity index (χ0n) is 13.1. The number of hydrogen-bond donors (Lipinski definition) is 1. The van der Waals surface area contributed by atoms with Gasteiger partial charge >= 0.3 is 5.97 Å². The van der Waals surface area contributed by atoms with E-state index in [4.69, 9.17) is 9.47 Å². The molecule has 0 aromatic heterocycles. The number of esters is 1. The van der Waals surface area contributed by atoms with Crippen molar-refractivity contribution in [3.63, 3.8) is 0 Å². The molecule has 1 aromatic rings. The maximum atomic E-state index is 12.0. The molecule has 0 heterocycles. The van der Waals surface area contributed by atoms with Crippen LogP contribution in [0.25, 0.3) is 0 Å². The first kappa shape index (κ1) is 15.8. The van der Waals surface area contributed by atoms with Crippen LogP contribution in [0.5, 0.6) is 5.75 Å². The molecule has 2 unspecified atom stereocenters. The van der Waals surface area contributed by atoms with Crippen LogP contribution in [-0.2, 0) is 16.0 Å². The minimum absolute atomic E-state index is 0.264. The Bertz CT molecular complexity index is 487. The van der Waals surface area contributed by atoms with Crippen molar-refractivity contribution >= 4 is 5.97 Å². The first-order valence-electron chi connectivity index (χ1n) is 7.83. The van der Waals surface area contributed by atoms with Crippen LogP contribution in [0.4, 0.5) is 0 Å². The smallest absolute Gasteiger partial charge is 0.347 e. The van der Waals surface area contributed by atoms with Crippen LogP contribution in [0, 0.1) is 0 Å². The summed E-state index contributed by atoms with van der Waals surface area (Å²) in [4.78, 5) is 12.0. The Morgan fingerprint density at radius 1 is 1.43 bits per heavy atom. The van der Waals surface area contributed by atoms with E-state index in [9.17, 15) is 4.79 Å². The van der Waals surface area contributed by atoms with Gasteiger partial charge in [-0.2, -0.15) is 0 Å². The van der Waals surface area contributed by atoms with Crippen molar-refractivity contribution < 1.29 is 14.3 Å². The van der Waals surface area contributed by atoms with Gasteiger partial charge in [0.1, 0.15) is 5.75 Å². The Hall–Kier alpha value is -1.55. The number of carbonyl (C=O) groups is 1. The van der Waals surface area contributed by atoms with Crippen LogP contribution in [0.15, 0.2) is 18.2 Å². The molecule has 21 heavy (non-hydrogen) atoms. The van der Waals surface area contributed by atoms with Gasteiger partial charge in [-0.25, -0.2) is 4.79 Å². The second-order valence-electron chi connectivity index (χ2n) is 5.35. The van der Waals surface area contributed by atoms with Gasteiger partial charge in [0.15, 0.2) is 6.10 Å². The van der Waals surface area contributed by atoms with Crippen LogP contribution in [0.1, 0.15) is 50.3 Å². The average Bonchev–Trinajstić information content (AvgIpc) is 2.91. The minimum atomic E-state index is -0.505. The fourth-order valence-corrected chi connectivity index (χ4v) is 2.91. The highest BCUT2D eigenvalue weighted by Crippen LogP contribution is 2.37. The molecule has 0 bridgehead atoms. The number of rotatable bonds is 7. The van der Waals surface area contributed by atoms with Gasteiger partial charge in [0, 0.05) is 6.04 Å². The number of benzene rings is 1. The lowest BCUT2D eigenvalue weighted by molar-refractivity contribution is -0.151. The average molecular weight is 291 g/mol. The number of carbonyl (C=O) groups excluding carboxylic acids is 1. The third-order valence-corrected chi connectivity index (χ3v) is 3.95. The molecule has 1 aromatic carbocycles. The molecule has 116 valence electrons. The summed E-state index contributed by atoms with van der Waals surface area (Å²) in [6.07, 6.45) is 3.12.